The number of pyridine rings is 1. The smallest absolute Gasteiger partial charge is 0.110 e. The Morgan fingerprint density at radius 3 is 2.44 bits per heavy atom. The quantitative estimate of drug-likeness (QED) is 0.384. The topological polar surface area (TPSA) is 44.8 Å². The van der Waals surface area contributed by atoms with Crippen LogP contribution < -0.4 is 0 Å². The molecule has 3 heterocycles. The second-order valence-electron chi connectivity index (χ2n) is 8.58. The molecule has 1 fully saturated rings. The molecule has 0 amide bonds. The van der Waals surface area contributed by atoms with E-state index in [4.69, 9.17) is 16.6 Å². The van der Waals surface area contributed by atoms with Gasteiger partial charge in [0.25, 0.3) is 0 Å². The minimum atomic E-state index is 0.428. The zero-order valence-corrected chi connectivity index (χ0v) is 19.0. The first-order valence-electron chi connectivity index (χ1n) is 11.2. The van der Waals surface area contributed by atoms with E-state index < -0.39 is 0 Å². The molecule has 4 aromatic rings. The van der Waals surface area contributed by atoms with Crippen LogP contribution in [-0.2, 0) is 6.54 Å². The van der Waals surface area contributed by atoms with Crippen LogP contribution in [0, 0.1) is 6.92 Å². The average molecular weight is 443 g/mol. The lowest BCUT2D eigenvalue weighted by Gasteiger charge is -2.31. The zero-order valence-electron chi connectivity index (χ0n) is 18.3. The molecule has 1 aliphatic heterocycles. The van der Waals surface area contributed by atoms with E-state index in [-0.39, 0.29) is 0 Å². The molecule has 1 N–H and O–H groups in total. The third kappa shape index (κ3) is 4.47. The number of H-pyrrole nitrogens is 1. The molecule has 0 unspecified atom stereocenters. The first-order chi connectivity index (χ1) is 15.7. The Kier molecular flexibility index (Phi) is 6.06. The number of halogens is 1. The summed E-state index contributed by atoms with van der Waals surface area (Å²) >= 11 is 6.45. The number of piperidine rings is 1. The Balaban J connectivity index is 1.40. The van der Waals surface area contributed by atoms with Crippen molar-refractivity contribution >= 4 is 11.6 Å². The normalized spacial score (nSPS) is 15.2. The van der Waals surface area contributed by atoms with Crippen molar-refractivity contribution in [2.75, 3.05) is 13.1 Å². The van der Waals surface area contributed by atoms with E-state index in [2.05, 4.69) is 57.3 Å². The van der Waals surface area contributed by atoms with Gasteiger partial charge in [0.2, 0.25) is 0 Å². The molecule has 32 heavy (non-hydrogen) atoms. The Morgan fingerprint density at radius 2 is 1.72 bits per heavy atom. The van der Waals surface area contributed by atoms with Crippen molar-refractivity contribution in [2.45, 2.75) is 32.2 Å². The van der Waals surface area contributed by atoms with E-state index >= 15 is 0 Å². The summed E-state index contributed by atoms with van der Waals surface area (Å²) in [5, 5.41) is 0.766. The first-order valence-corrected chi connectivity index (χ1v) is 11.6. The molecule has 5 rings (SSSR count). The SMILES string of the molecule is Cc1ccc(-c2nc(C3CCN(Cc4ccccc4)CC3)[nH]c2-c2ccncc2)cc1Cl. The standard InChI is InChI=1S/C27H27ClN4/c1-19-7-8-23(17-24(19)28)26-25(21-9-13-29-14-10-21)30-27(31-26)22-11-15-32(16-12-22)18-20-5-3-2-4-6-20/h2-10,13-14,17,22H,11-12,15-16,18H2,1H3,(H,30,31). The molecule has 0 aliphatic carbocycles. The number of likely N-dealkylation sites (tertiary alicyclic amines) is 1. The summed E-state index contributed by atoms with van der Waals surface area (Å²) in [7, 11) is 0. The molecule has 0 saturated carbocycles. The van der Waals surface area contributed by atoms with E-state index in [1.165, 1.54) is 5.56 Å². The van der Waals surface area contributed by atoms with Gasteiger partial charge < -0.3 is 4.98 Å². The molecule has 2 aromatic heterocycles. The molecule has 0 spiro atoms. The molecule has 0 atom stereocenters. The van der Waals surface area contributed by atoms with E-state index in [1.807, 2.05) is 37.5 Å². The van der Waals surface area contributed by atoms with E-state index in [1.54, 1.807) is 0 Å². The van der Waals surface area contributed by atoms with Crippen LogP contribution >= 0.6 is 11.6 Å². The average Bonchev–Trinajstić information content (AvgIpc) is 3.28. The van der Waals surface area contributed by atoms with Crippen LogP contribution in [0.4, 0.5) is 0 Å². The summed E-state index contributed by atoms with van der Waals surface area (Å²) in [5.41, 5.74) is 6.57. The predicted octanol–water partition coefficient (Wildman–Crippen LogP) is 6.48. The van der Waals surface area contributed by atoms with Gasteiger partial charge in [0.05, 0.1) is 11.4 Å². The number of aromatic amines is 1. The fourth-order valence-corrected chi connectivity index (χ4v) is 4.65. The van der Waals surface area contributed by atoms with Gasteiger partial charge in [0, 0.05) is 41.0 Å². The Morgan fingerprint density at radius 1 is 0.969 bits per heavy atom. The maximum Gasteiger partial charge on any atom is 0.110 e. The van der Waals surface area contributed by atoms with Crippen LogP contribution in [0.15, 0.2) is 73.1 Å². The van der Waals surface area contributed by atoms with Crippen LogP contribution in [0.25, 0.3) is 22.5 Å². The van der Waals surface area contributed by atoms with Gasteiger partial charge >= 0.3 is 0 Å². The third-order valence-electron chi connectivity index (χ3n) is 6.36. The predicted molar refractivity (Wildman–Crippen MR) is 131 cm³/mol. The van der Waals surface area contributed by atoms with Crippen molar-refractivity contribution in [2.24, 2.45) is 0 Å². The number of hydrogen-bond donors (Lipinski definition) is 1. The summed E-state index contributed by atoms with van der Waals surface area (Å²) in [4.78, 5) is 15.5. The molecule has 162 valence electrons. The zero-order chi connectivity index (χ0) is 21.9. The van der Waals surface area contributed by atoms with Crippen molar-refractivity contribution < 1.29 is 0 Å². The molecule has 0 radical (unpaired) electrons. The van der Waals surface area contributed by atoms with Crippen LogP contribution in [0.5, 0.6) is 0 Å². The summed E-state index contributed by atoms with van der Waals surface area (Å²) in [6.45, 7) is 5.20. The Bertz CT molecular complexity index is 1180. The number of imidazole rings is 1. The van der Waals surface area contributed by atoms with Gasteiger partial charge in [0.1, 0.15) is 5.82 Å². The van der Waals surface area contributed by atoms with E-state index in [0.717, 1.165) is 71.4 Å². The molecule has 5 heteroatoms. The molecule has 2 aromatic carbocycles. The highest BCUT2D eigenvalue weighted by Gasteiger charge is 2.25. The Labute approximate surface area is 194 Å². The number of nitrogens with zero attached hydrogens (tertiary/aromatic N) is 3. The van der Waals surface area contributed by atoms with Gasteiger partial charge in [-0.3, -0.25) is 9.88 Å². The highest BCUT2D eigenvalue weighted by atomic mass is 35.5. The van der Waals surface area contributed by atoms with E-state index in [9.17, 15) is 0 Å². The minimum absolute atomic E-state index is 0.428. The number of rotatable bonds is 5. The van der Waals surface area contributed by atoms with Crippen LogP contribution in [-0.4, -0.2) is 32.9 Å². The molecule has 0 bridgehead atoms. The number of benzene rings is 2. The Hall–Kier alpha value is -2.95. The summed E-state index contributed by atoms with van der Waals surface area (Å²) in [6, 6.07) is 21.0. The lowest BCUT2D eigenvalue weighted by molar-refractivity contribution is 0.202. The number of nitrogens with one attached hydrogen (secondary N) is 1. The molecule has 4 nitrogen and oxygen atoms in total. The largest absolute Gasteiger partial charge is 0.341 e. The molecular formula is C27H27ClN4. The van der Waals surface area contributed by atoms with Crippen LogP contribution in [0.2, 0.25) is 5.02 Å². The van der Waals surface area contributed by atoms with Gasteiger partial charge in [-0.2, -0.15) is 0 Å². The second kappa shape index (κ2) is 9.27. The van der Waals surface area contributed by atoms with Crippen molar-refractivity contribution in [3.05, 3.63) is 95.0 Å². The fraction of sp³-hybridized carbons (Fsp3) is 0.259. The third-order valence-corrected chi connectivity index (χ3v) is 6.77. The van der Waals surface area contributed by atoms with Crippen LogP contribution in [0.1, 0.15) is 35.7 Å². The molecule has 1 aliphatic rings. The first kappa shape index (κ1) is 20.9. The van der Waals surface area contributed by atoms with Crippen molar-refractivity contribution in [1.29, 1.82) is 0 Å². The monoisotopic (exact) mass is 442 g/mol. The highest BCUT2D eigenvalue weighted by Crippen LogP contribution is 2.36. The number of aryl methyl sites for hydroxylation is 1. The second-order valence-corrected chi connectivity index (χ2v) is 8.99. The van der Waals surface area contributed by atoms with Crippen molar-refractivity contribution in [3.63, 3.8) is 0 Å². The van der Waals surface area contributed by atoms with Gasteiger partial charge in [0.15, 0.2) is 0 Å². The lowest BCUT2D eigenvalue weighted by Crippen LogP contribution is -2.32. The summed E-state index contributed by atoms with van der Waals surface area (Å²) in [5.74, 6) is 1.50. The molecule has 1 saturated heterocycles. The molecular weight excluding hydrogens is 416 g/mol. The van der Waals surface area contributed by atoms with Crippen molar-refractivity contribution in [3.8, 4) is 22.5 Å². The van der Waals surface area contributed by atoms with Gasteiger partial charge in [-0.15, -0.1) is 0 Å². The summed E-state index contributed by atoms with van der Waals surface area (Å²) in [6.07, 6.45) is 5.85. The number of aromatic nitrogens is 3. The highest BCUT2D eigenvalue weighted by molar-refractivity contribution is 6.31. The van der Waals surface area contributed by atoms with Gasteiger partial charge in [-0.25, -0.2) is 4.98 Å². The fourth-order valence-electron chi connectivity index (χ4n) is 4.47. The lowest BCUT2D eigenvalue weighted by atomic mass is 9.96. The van der Waals surface area contributed by atoms with Crippen molar-refractivity contribution in [1.82, 2.24) is 19.9 Å². The summed E-state index contributed by atoms with van der Waals surface area (Å²) < 4.78 is 0. The van der Waals surface area contributed by atoms with Gasteiger partial charge in [-0.1, -0.05) is 54.1 Å². The van der Waals surface area contributed by atoms with Gasteiger partial charge in [-0.05, 0) is 62.2 Å². The van der Waals surface area contributed by atoms with E-state index in [0.29, 0.717) is 5.92 Å². The minimum Gasteiger partial charge on any atom is -0.341 e. The maximum atomic E-state index is 6.45. The van der Waals surface area contributed by atoms with Crippen LogP contribution in [0.3, 0.4) is 0 Å². The maximum absolute atomic E-state index is 6.45. The number of hydrogen-bond acceptors (Lipinski definition) is 3.